The van der Waals surface area contributed by atoms with E-state index in [1.807, 2.05) is 26.0 Å². The summed E-state index contributed by atoms with van der Waals surface area (Å²) in [4.78, 5) is 39.6. The van der Waals surface area contributed by atoms with Gasteiger partial charge in [-0.25, -0.2) is 4.90 Å². The molecule has 2 fully saturated rings. The third-order valence-corrected chi connectivity index (χ3v) is 7.70. The first kappa shape index (κ1) is 22.2. The standard InChI is InChI=1S/C30H24N2O4/c1-17-7-11-19(12-8-17)25(20-13-9-18(2)10-14-20)26-21-15-16-22(26)28-27(21)29(33)31(30(28)34)23-5-3-4-6-24(23)32(35)36/h3-16,21-22,27-28H,1-2H3. The van der Waals surface area contributed by atoms with Gasteiger partial charge in [-0.3, -0.25) is 19.7 Å². The highest BCUT2D eigenvalue weighted by atomic mass is 16.6. The van der Waals surface area contributed by atoms with Gasteiger partial charge in [-0.2, -0.15) is 0 Å². The van der Waals surface area contributed by atoms with Crippen LogP contribution in [0.25, 0.3) is 5.57 Å². The molecule has 3 aromatic rings. The van der Waals surface area contributed by atoms with Crippen LogP contribution in [0.5, 0.6) is 0 Å². The number of amides is 2. The average molecular weight is 477 g/mol. The molecule has 6 rings (SSSR count). The van der Waals surface area contributed by atoms with Gasteiger partial charge in [0, 0.05) is 17.9 Å². The average Bonchev–Trinajstić information content (AvgIpc) is 3.50. The molecule has 178 valence electrons. The van der Waals surface area contributed by atoms with Gasteiger partial charge in [0.15, 0.2) is 0 Å². The Hall–Kier alpha value is -4.32. The van der Waals surface area contributed by atoms with Crippen molar-refractivity contribution in [2.75, 3.05) is 4.90 Å². The van der Waals surface area contributed by atoms with Crippen LogP contribution in [0.1, 0.15) is 22.3 Å². The minimum Gasteiger partial charge on any atom is -0.274 e. The summed E-state index contributed by atoms with van der Waals surface area (Å²) in [6, 6.07) is 22.6. The minimum absolute atomic E-state index is 0.0501. The van der Waals surface area contributed by atoms with Gasteiger partial charge in [0.25, 0.3) is 5.69 Å². The van der Waals surface area contributed by atoms with E-state index >= 15 is 0 Å². The lowest BCUT2D eigenvalue weighted by atomic mass is 9.85. The summed E-state index contributed by atoms with van der Waals surface area (Å²) in [5.74, 6) is -2.31. The van der Waals surface area contributed by atoms with Crippen molar-refractivity contribution < 1.29 is 14.5 Å². The molecule has 2 bridgehead atoms. The molecule has 0 aromatic heterocycles. The van der Waals surface area contributed by atoms with Crippen molar-refractivity contribution in [1.82, 2.24) is 0 Å². The van der Waals surface area contributed by atoms with Crippen LogP contribution in [-0.4, -0.2) is 16.7 Å². The summed E-state index contributed by atoms with van der Waals surface area (Å²) in [6.07, 6.45) is 4.08. The SMILES string of the molecule is Cc1ccc(C(=C2C3C=CC2C2C(=O)N(c4ccccc4[N+](=O)[O-])C(=O)C32)c2ccc(C)cc2)cc1. The van der Waals surface area contributed by atoms with Crippen LogP contribution in [0.15, 0.2) is 90.5 Å². The van der Waals surface area contributed by atoms with E-state index in [1.54, 1.807) is 6.07 Å². The predicted octanol–water partition coefficient (Wildman–Crippen LogP) is 5.64. The highest BCUT2D eigenvalue weighted by Gasteiger charge is 2.63. The number of benzene rings is 3. The number of hydrogen-bond acceptors (Lipinski definition) is 4. The molecule has 0 radical (unpaired) electrons. The summed E-state index contributed by atoms with van der Waals surface area (Å²) in [7, 11) is 0. The van der Waals surface area contributed by atoms with Gasteiger partial charge in [0.05, 0.1) is 16.8 Å². The first-order valence-corrected chi connectivity index (χ1v) is 12.0. The van der Waals surface area contributed by atoms with Gasteiger partial charge in [-0.1, -0.05) is 83.9 Å². The maximum atomic E-state index is 13.7. The number of nitro groups is 1. The topological polar surface area (TPSA) is 80.5 Å². The number of carbonyl (C=O) groups is 2. The molecule has 4 unspecified atom stereocenters. The maximum absolute atomic E-state index is 13.7. The monoisotopic (exact) mass is 476 g/mol. The first-order valence-electron chi connectivity index (χ1n) is 12.0. The first-order chi connectivity index (χ1) is 17.4. The molecule has 0 spiro atoms. The molecule has 3 aromatic carbocycles. The number of imide groups is 1. The number of fused-ring (bicyclic) bond motifs is 5. The lowest BCUT2D eigenvalue weighted by Crippen LogP contribution is -2.33. The lowest BCUT2D eigenvalue weighted by molar-refractivity contribution is -0.384. The van der Waals surface area contributed by atoms with Crippen LogP contribution < -0.4 is 4.90 Å². The zero-order valence-corrected chi connectivity index (χ0v) is 19.9. The molecule has 6 heteroatoms. The summed E-state index contributed by atoms with van der Waals surface area (Å²) in [6.45, 7) is 4.09. The lowest BCUT2D eigenvalue weighted by Gasteiger charge is -2.21. The number of allylic oxidation sites excluding steroid dienone is 3. The second-order valence-corrected chi connectivity index (χ2v) is 9.81. The molecule has 1 heterocycles. The molecule has 1 saturated carbocycles. The molecule has 2 aliphatic carbocycles. The Labute approximate surface area is 208 Å². The highest BCUT2D eigenvalue weighted by Crippen LogP contribution is 2.59. The van der Waals surface area contributed by atoms with E-state index < -0.39 is 16.8 Å². The van der Waals surface area contributed by atoms with Gasteiger partial charge in [-0.05, 0) is 42.2 Å². The number of aryl methyl sites for hydroxylation is 2. The molecule has 2 amide bonds. The number of anilines is 1. The molecular weight excluding hydrogens is 452 g/mol. The van der Waals surface area contributed by atoms with Crippen molar-refractivity contribution in [3.63, 3.8) is 0 Å². The Kier molecular flexibility index (Phi) is 5.00. The molecule has 0 N–H and O–H groups in total. The number of nitrogens with zero attached hydrogens (tertiary/aromatic N) is 2. The second-order valence-electron chi connectivity index (χ2n) is 9.81. The molecule has 6 nitrogen and oxygen atoms in total. The largest absolute Gasteiger partial charge is 0.293 e. The van der Waals surface area contributed by atoms with Crippen LogP contribution >= 0.6 is 0 Å². The maximum Gasteiger partial charge on any atom is 0.293 e. The fourth-order valence-corrected chi connectivity index (χ4v) is 6.08. The predicted molar refractivity (Wildman–Crippen MR) is 137 cm³/mol. The van der Waals surface area contributed by atoms with Crippen molar-refractivity contribution in [3.8, 4) is 0 Å². The van der Waals surface area contributed by atoms with Gasteiger partial charge >= 0.3 is 0 Å². The van der Waals surface area contributed by atoms with Crippen LogP contribution in [0.2, 0.25) is 0 Å². The molecule has 36 heavy (non-hydrogen) atoms. The highest BCUT2D eigenvalue weighted by molar-refractivity contribution is 6.24. The Morgan fingerprint density at radius 3 is 1.69 bits per heavy atom. The zero-order chi connectivity index (χ0) is 25.1. The van der Waals surface area contributed by atoms with Crippen molar-refractivity contribution in [2.45, 2.75) is 13.8 Å². The van der Waals surface area contributed by atoms with Crippen LogP contribution in [0.4, 0.5) is 11.4 Å². The van der Waals surface area contributed by atoms with E-state index in [2.05, 4.69) is 48.5 Å². The van der Waals surface area contributed by atoms with E-state index in [1.165, 1.54) is 18.2 Å². The van der Waals surface area contributed by atoms with E-state index in [9.17, 15) is 19.7 Å². The number of carbonyl (C=O) groups excluding carboxylic acids is 2. The number of nitro benzene ring substituents is 1. The quantitative estimate of drug-likeness (QED) is 0.211. The summed E-state index contributed by atoms with van der Waals surface area (Å²) >= 11 is 0. The fourth-order valence-electron chi connectivity index (χ4n) is 6.08. The van der Waals surface area contributed by atoms with E-state index in [0.29, 0.717) is 0 Å². The normalized spacial score (nSPS) is 23.9. The van der Waals surface area contributed by atoms with Crippen molar-refractivity contribution in [1.29, 1.82) is 0 Å². The summed E-state index contributed by atoms with van der Waals surface area (Å²) < 4.78 is 0. The van der Waals surface area contributed by atoms with Crippen LogP contribution in [0.3, 0.4) is 0 Å². The van der Waals surface area contributed by atoms with E-state index in [-0.39, 0.29) is 35.0 Å². The Morgan fingerprint density at radius 2 is 1.22 bits per heavy atom. The van der Waals surface area contributed by atoms with E-state index in [4.69, 9.17) is 0 Å². The zero-order valence-electron chi connectivity index (χ0n) is 19.9. The third kappa shape index (κ3) is 3.18. The summed E-state index contributed by atoms with van der Waals surface area (Å²) in [5.41, 5.74) is 6.36. The van der Waals surface area contributed by atoms with Crippen LogP contribution in [0, 0.1) is 47.6 Å². The molecule has 1 saturated heterocycles. The third-order valence-electron chi connectivity index (χ3n) is 7.70. The summed E-state index contributed by atoms with van der Waals surface area (Å²) in [5, 5.41) is 11.6. The van der Waals surface area contributed by atoms with Gasteiger partial charge in [0.2, 0.25) is 11.8 Å². The Morgan fingerprint density at radius 1 is 0.750 bits per heavy atom. The Bertz CT molecular complexity index is 1400. The molecule has 3 aliphatic rings. The fraction of sp³-hybridized carbons (Fsp3) is 0.200. The Balaban J connectivity index is 1.49. The van der Waals surface area contributed by atoms with Crippen molar-refractivity contribution in [2.24, 2.45) is 23.7 Å². The van der Waals surface area contributed by atoms with Gasteiger partial charge < -0.3 is 0 Å². The van der Waals surface area contributed by atoms with E-state index in [0.717, 1.165) is 38.3 Å². The number of rotatable bonds is 4. The molecule has 4 atom stereocenters. The smallest absolute Gasteiger partial charge is 0.274 e. The second kappa shape index (κ2) is 8.12. The van der Waals surface area contributed by atoms with Gasteiger partial charge in [0.1, 0.15) is 5.69 Å². The number of para-hydroxylation sites is 2. The van der Waals surface area contributed by atoms with Crippen molar-refractivity contribution in [3.05, 3.63) is 123 Å². The minimum atomic E-state index is -0.562. The van der Waals surface area contributed by atoms with Crippen molar-refractivity contribution >= 4 is 28.8 Å². The molecular formula is C30H24N2O4. The molecule has 1 aliphatic heterocycles. The van der Waals surface area contributed by atoms with Crippen LogP contribution in [-0.2, 0) is 9.59 Å². The number of hydrogen-bond donors (Lipinski definition) is 0. The van der Waals surface area contributed by atoms with Gasteiger partial charge in [-0.15, -0.1) is 0 Å².